The van der Waals surface area contributed by atoms with E-state index in [1.165, 1.54) is 6.07 Å². The van der Waals surface area contributed by atoms with Crippen molar-refractivity contribution in [2.45, 2.75) is 0 Å². The van der Waals surface area contributed by atoms with E-state index in [9.17, 15) is 4.39 Å². The number of halogens is 1. The monoisotopic (exact) mass is 409 g/mol. The summed E-state index contributed by atoms with van der Waals surface area (Å²) in [5, 5.41) is 13.5. The fourth-order valence-electron chi connectivity index (χ4n) is 3.91. The lowest BCUT2D eigenvalue weighted by atomic mass is 10.0. The van der Waals surface area contributed by atoms with E-state index in [1.807, 2.05) is 31.4 Å². The standard InChI is InChI=1S/C23H16FN7/c1-31-12-14(9-27-31)13-6-17-22(29-30-23(17)26-8-13)20-7-16-18(10-25-11-21(16)28-20)15-4-2-3-5-19(15)24/h2-12,28H,1H3,(H,26,29,30). The molecular formula is C23H16FN7. The van der Waals surface area contributed by atoms with Gasteiger partial charge in [0.25, 0.3) is 0 Å². The van der Waals surface area contributed by atoms with E-state index in [-0.39, 0.29) is 5.82 Å². The first-order valence-corrected chi connectivity index (χ1v) is 9.72. The summed E-state index contributed by atoms with van der Waals surface area (Å²) in [5.41, 5.74) is 6.21. The number of rotatable bonds is 3. The van der Waals surface area contributed by atoms with Gasteiger partial charge in [-0.2, -0.15) is 10.2 Å². The van der Waals surface area contributed by atoms with E-state index in [0.717, 1.165) is 44.4 Å². The molecule has 31 heavy (non-hydrogen) atoms. The van der Waals surface area contributed by atoms with Gasteiger partial charge in [-0.25, -0.2) is 9.37 Å². The lowest BCUT2D eigenvalue weighted by Crippen LogP contribution is -1.85. The second-order valence-electron chi connectivity index (χ2n) is 7.41. The summed E-state index contributed by atoms with van der Waals surface area (Å²) in [7, 11) is 1.88. The molecule has 0 aliphatic rings. The maximum absolute atomic E-state index is 14.4. The SMILES string of the molecule is Cn1cc(-c2cnc3[nH]nc(-c4cc5c(-c6ccccc6F)cncc5[nH]4)c3c2)cn1. The highest BCUT2D eigenvalue weighted by molar-refractivity contribution is 6.00. The van der Waals surface area contributed by atoms with Gasteiger partial charge >= 0.3 is 0 Å². The lowest BCUT2D eigenvalue weighted by molar-refractivity contribution is 0.631. The molecule has 6 rings (SSSR count). The average Bonchev–Trinajstić information content (AvgIpc) is 3.50. The van der Waals surface area contributed by atoms with Crippen molar-refractivity contribution >= 4 is 21.9 Å². The van der Waals surface area contributed by atoms with Crippen LogP contribution in [-0.4, -0.2) is 34.9 Å². The van der Waals surface area contributed by atoms with Crippen LogP contribution in [0.15, 0.2) is 67.4 Å². The summed E-state index contributed by atoms with van der Waals surface area (Å²) < 4.78 is 16.2. The summed E-state index contributed by atoms with van der Waals surface area (Å²) >= 11 is 0. The van der Waals surface area contributed by atoms with E-state index in [4.69, 9.17) is 0 Å². The smallest absolute Gasteiger partial charge is 0.155 e. The highest BCUT2D eigenvalue weighted by Crippen LogP contribution is 2.34. The van der Waals surface area contributed by atoms with E-state index in [1.54, 1.807) is 41.6 Å². The van der Waals surface area contributed by atoms with E-state index in [2.05, 4.69) is 30.2 Å². The highest BCUT2D eigenvalue weighted by Gasteiger charge is 2.16. The largest absolute Gasteiger partial charge is 0.352 e. The van der Waals surface area contributed by atoms with Crippen LogP contribution in [0.4, 0.5) is 4.39 Å². The van der Waals surface area contributed by atoms with Crippen LogP contribution in [0.1, 0.15) is 0 Å². The zero-order valence-electron chi connectivity index (χ0n) is 16.5. The minimum atomic E-state index is -0.282. The molecule has 2 N–H and O–H groups in total. The van der Waals surface area contributed by atoms with Gasteiger partial charge in [-0.15, -0.1) is 0 Å². The van der Waals surface area contributed by atoms with Crippen LogP contribution in [0.5, 0.6) is 0 Å². The topological polar surface area (TPSA) is 88.1 Å². The number of aromatic amines is 2. The molecule has 0 amide bonds. The van der Waals surface area contributed by atoms with Gasteiger partial charge in [0.2, 0.25) is 0 Å². The summed E-state index contributed by atoms with van der Waals surface area (Å²) in [6.45, 7) is 0. The van der Waals surface area contributed by atoms with Crippen molar-refractivity contribution in [3.63, 3.8) is 0 Å². The van der Waals surface area contributed by atoms with Gasteiger partial charge in [0.05, 0.1) is 23.6 Å². The average molecular weight is 409 g/mol. The molecule has 0 aliphatic heterocycles. The number of pyridine rings is 2. The summed E-state index contributed by atoms with van der Waals surface area (Å²) in [6.07, 6.45) is 8.96. The van der Waals surface area contributed by atoms with Gasteiger partial charge in [-0.1, -0.05) is 18.2 Å². The Morgan fingerprint density at radius 3 is 2.68 bits per heavy atom. The number of aromatic nitrogens is 7. The number of aryl methyl sites for hydroxylation is 1. The van der Waals surface area contributed by atoms with Crippen LogP contribution < -0.4 is 0 Å². The van der Waals surface area contributed by atoms with Crippen molar-refractivity contribution in [2.24, 2.45) is 7.05 Å². The predicted octanol–water partition coefficient (Wildman–Crippen LogP) is 4.71. The summed E-state index contributed by atoms with van der Waals surface area (Å²) in [4.78, 5) is 12.2. The predicted molar refractivity (Wildman–Crippen MR) is 117 cm³/mol. The molecule has 0 aliphatic carbocycles. The molecule has 8 heteroatoms. The van der Waals surface area contributed by atoms with Crippen LogP contribution in [0.2, 0.25) is 0 Å². The molecule has 7 nitrogen and oxygen atoms in total. The van der Waals surface area contributed by atoms with Crippen LogP contribution in [0.25, 0.3) is 55.6 Å². The number of benzene rings is 1. The third-order valence-electron chi connectivity index (χ3n) is 5.42. The first kappa shape index (κ1) is 17.5. The zero-order chi connectivity index (χ0) is 20.9. The fraction of sp³-hybridized carbons (Fsp3) is 0.0435. The second kappa shape index (κ2) is 6.60. The fourth-order valence-corrected chi connectivity index (χ4v) is 3.91. The Labute approximate surface area is 175 Å². The Kier molecular flexibility index (Phi) is 3.73. The number of nitrogens with zero attached hydrogens (tertiary/aromatic N) is 5. The second-order valence-corrected chi connectivity index (χ2v) is 7.41. The summed E-state index contributed by atoms with van der Waals surface area (Å²) in [5.74, 6) is -0.282. The Balaban J connectivity index is 1.52. The molecule has 0 spiro atoms. The molecule has 0 radical (unpaired) electrons. The molecule has 6 aromatic rings. The maximum atomic E-state index is 14.4. The van der Waals surface area contributed by atoms with Crippen LogP contribution in [-0.2, 0) is 7.05 Å². The molecule has 0 saturated heterocycles. The van der Waals surface area contributed by atoms with Crippen LogP contribution in [0.3, 0.4) is 0 Å². The van der Waals surface area contributed by atoms with E-state index >= 15 is 0 Å². The van der Waals surface area contributed by atoms with E-state index < -0.39 is 0 Å². The minimum absolute atomic E-state index is 0.282. The molecule has 5 aromatic heterocycles. The molecule has 150 valence electrons. The molecule has 0 atom stereocenters. The molecule has 0 fully saturated rings. The summed E-state index contributed by atoms with van der Waals surface area (Å²) in [6, 6.07) is 10.7. The van der Waals surface area contributed by atoms with Gasteiger partial charge in [-0.3, -0.25) is 14.8 Å². The van der Waals surface area contributed by atoms with Crippen molar-refractivity contribution in [1.29, 1.82) is 0 Å². The Bertz CT molecular complexity index is 1570. The normalized spacial score (nSPS) is 11.5. The number of H-pyrrole nitrogens is 2. The van der Waals surface area contributed by atoms with Gasteiger partial charge in [-0.05, 0) is 18.2 Å². The third kappa shape index (κ3) is 2.80. The number of hydrogen-bond donors (Lipinski definition) is 2. The van der Waals surface area contributed by atoms with Crippen molar-refractivity contribution in [2.75, 3.05) is 0 Å². The zero-order valence-corrected chi connectivity index (χ0v) is 16.5. The molecule has 0 unspecified atom stereocenters. The third-order valence-corrected chi connectivity index (χ3v) is 5.42. The van der Waals surface area contributed by atoms with Crippen LogP contribution in [0, 0.1) is 5.82 Å². The molecular weight excluding hydrogens is 393 g/mol. The van der Waals surface area contributed by atoms with Crippen molar-refractivity contribution < 1.29 is 4.39 Å². The van der Waals surface area contributed by atoms with Crippen LogP contribution >= 0.6 is 0 Å². The number of hydrogen-bond acceptors (Lipinski definition) is 4. The maximum Gasteiger partial charge on any atom is 0.155 e. The van der Waals surface area contributed by atoms with Crippen molar-refractivity contribution in [3.8, 4) is 33.6 Å². The highest BCUT2D eigenvalue weighted by atomic mass is 19.1. The van der Waals surface area contributed by atoms with Crippen molar-refractivity contribution in [3.05, 3.63) is 73.2 Å². The van der Waals surface area contributed by atoms with Gasteiger partial charge in [0.15, 0.2) is 5.65 Å². The quantitative estimate of drug-likeness (QED) is 0.443. The lowest BCUT2D eigenvalue weighted by Gasteiger charge is -2.03. The Hall–Kier alpha value is -4.33. The molecule has 0 saturated carbocycles. The van der Waals surface area contributed by atoms with Gasteiger partial charge in [0, 0.05) is 58.7 Å². The van der Waals surface area contributed by atoms with Gasteiger partial charge < -0.3 is 4.98 Å². The molecule has 5 heterocycles. The van der Waals surface area contributed by atoms with Gasteiger partial charge in [0.1, 0.15) is 11.5 Å². The Morgan fingerprint density at radius 1 is 0.935 bits per heavy atom. The van der Waals surface area contributed by atoms with Crippen molar-refractivity contribution in [1.82, 2.24) is 34.9 Å². The van der Waals surface area contributed by atoms with E-state index in [0.29, 0.717) is 11.2 Å². The molecule has 1 aromatic carbocycles. The Morgan fingerprint density at radius 2 is 1.84 bits per heavy atom. The first-order chi connectivity index (χ1) is 15.2. The number of fused-ring (bicyclic) bond motifs is 2. The first-order valence-electron chi connectivity index (χ1n) is 9.72. The molecule has 0 bridgehead atoms. The number of nitrogens with one attached hydrogen (secondary N) is 2. The minimum Gasteiger partial charge on any atom is -0.352 e.